The molecular weight excluding hydrogens is 466 g/mol. The Morgan fingerprint density at radius 1 is 0.387 bits per heavy atom. The largest absolute Gasteiger partial charge is 0.168 e. The minimum Gasteiger partial charge on any atom is -0.0909 e. The Labute approximate surface area is 203 Å². The van der Waals surface area contributed by atoms with E-state index in [4.69, 9.17) is 46.4 Å². The Hall–Kier alpha value is -1.96. The predicted molar refractivity (Wildman–Crippen MR) is 134 cm³/mol. The highest BCUT2D eigenvalue weighted by Gasteiger charge is 2.29. The molecule has 0 aliphatic heterocycles. The monoisotopic (exact) mass is 484 g/mol. The first-order valence-electron chi connectivity index (χ1n) is 9.93. The molecule has 0 aromatic heterocycles. The molecule has 0 saturated carbocycles. The highest BCUT2D eigenvalue weighted by Crippen LogP contribution is 2.42. The molecule has 0 amide bonds. The van der Waals surface area contributed by atoms with E-state index < -0.39 is 8.67 Å². The van der Waals surface area contributed by atoms with Gasteiger partial charge in [-0.15, -0.1) is 0 Å². The molecule has 0 aliphatic carbocycles. The third kappa shape index (κ3) is 4.94. The van der Waals surface area contributed by atoms with Gasteiger partial charge in [-0.05, 0) is 39.8 Å². The van der Waals surface area contributed by atoms with E-state index in [1.807, 2.05) is 84.9 Å². The number of hydrogen-bond donors (Lipinski definition) is 0. The van der Waals surface area contributed by atoms with Crippen LogP contribution >= 0.6 is 46.4 Å². The predicted octanol–water partition coefficient (Wildman–Crippen LogP) is 8.63. The zero-order valence-corrected chi connectivity index (χ0v) is 19.6. The van der Waals surface area contributed by atoms with E-state index in [2.05, 4.69) is 24.3 Å². The topological polar surface area (TPSA) is 0 Å². The maximum absolute atomic E-state index is 6.65. The molecule has 0 heterocycles. The molecule has 4 rings (SSSR count). The van der Waals surface area contributed by atoms with Crippen LogP contribution in [0.2, 0.25) is 0 Å². The Morgan fingerprint density at radius 2 is 0.677 bits per heavy atom. The summed E-state index contributed by atoms with van der Waals surface area (Å²) in [5.41, 5.74) is 5.73. The van der Waals surface area contributed by atoms with Crippen molar-refractivity contribution >= 4 is 46.4 Å². The molecule has 0 bridgehead atoms. The van der Waals surface area contributed by atoms with Crippen LogP contribution in [0.5, 0.6) is 0 Å². The van der Waals surface area contributed by atoms with Crippen LogP contribution in [0.3, 0.4) is 0 Å². The summed E-state index contributed by atoms with van der Waals surface area (Å²) in [4.78, 5) is 0. The Bertz CT molecular complexity index is 1020. The third-order valence-corrected chi connectivity index (χ3v) is 7.06. The first-order valence-corrected chi connectivity index (χ1v) is 11.4. The van der Waals surface area contributed by atoms with Crippen LogP contribution in [0.25, 0.3) is 0 Å². The van der Waals surface area contributed by atoms with Crippen molar-refractivity contribution in [3.8, 4) is 0 Å². The lowest BCUT2D eigenvalue weighted by Gasteiger charge is -2.21. The fourth-order valence-corrected chi connectivity index (χ4v) is 4.54. The van der Waals surface area contributed by atoms with E-state index in [1.165, 1.54) is 11.1 Å². The number of benzene rings is 4. The fourth-order valence-electron chi connectivity index (χ4n) is 3.53. The standard InChI is InChI=1S/C27H20Cl4/c28-26(29,22-7-3-1-4-8-22)24-15-11-20(12-16-24)19-21-13-17-25(18-14-21)27(30,31)23-9-5-2-6-10-23/h1-18H,19H2. The van der Waals surface area contributed by atoms with E-state index in [0.717, 1.165) is 28.7 Å². The number of rotatable bonds is 6. The van der Waals surface area contributed by atoms with Gasteiger partial charge in [-0.1, -0.05) is 156 Å². The zero-order valence-electron chi connectivity index (χ0n) is 16.6. The van der Waals surface area contributed by atoms with Gasteiger partial charge in [0.25, 0.3) is 0 Å². The van der Waals surface area contributed by atoms with Gasteiger partial charge in [-0.2, -0.15) is 0 Å². The fraction of sp³-hybridized carbons (Fsp3) is 0.111. The minimum absolute atomic E-state index is 0.784. The molecule has 0 N–H and O–H groups in total. The van der Waals surface area contributed by atoms with Crippen LogP contribution in [0.4, 0.5) is 0 Å². The summed E-state index contributed by atoms with van der Waals surface area (Å²) in [6, 6.07) is 35.5. The summed E-state index contributed by atoms with van der Waals surface area (Å²) in [6.45, 7) is 0. The van der Waals surface area contributed by atoms with Crippen molar-refractivity contribution in [2.24, 2.45) is 0 Å². The van der Waals surface area contributed by atoms with Crippen molar-refractivity contribution in [2.75, 3.05) is 0 Å². The van der Waals surface area contributed by atoms with Crippen LogP contribution in [-0.2, 0) is 15.1 Å². The van der Waals surface area contributed by atoms with E-state index in [-0.39, 0.29) is 0 Å². The number of alkyl halides is 4. The molecule has 156 valence electrons. The summed E-state index contributed by atoms with van der Waals surface area (Å²) in [5.74, 6) is 0. The lowest BCUT2D eigenvalue weighted by atomic mass is 9.98. The maximum Gasteiger partial charge on any atom is 0.168 e. The van der Waals surface area contributed by atoms with Crippen LogP contribution in [0.15, 0.2) is 109 Å². The van der Waals surface area contributed by atoms with Gasteiger partial charge in [-0.25, -0.2) is 0 Å². The molecule has 4 aromatic rings. The van der Waals surface area contributed by atoms with E-state index >= 15 is 0 Å². The van der Waals surface area contributed by atoms with Gasteiger partial charge in [0, 0.05) is 0 Å². The summed E-state index contributed by atoms with van der Waals surface area (Å²) >= 11 is 26.6. The first-order chi connectivity index (χ1) is 14.9. The van der Waals surface area contributed by atoms with E-state index in [1.54, 1.807) is 0 Å². The smallest absolute Gasteiger partial charge is 0.0909 e. The second-order valence-corrected chi connectivity index (χ2v) is 10.1. The molecule has 31 heavy (non-hydrogen) atoms. The summed E-state index contributed by atoms with van der Waals surface area (Å²) in [5, 5.41) is 0. The van der Waals surface area contributed by atoms with Gasteiger partial charge < -0.3 is 0 Å². The Balaban J connectivity index is 1.49. The van der Waals surface area contributed by atoms with Gasteiger partial charge in [0.05, 0.1) is 0 Å². The van der Waals surface area contributed by atoms with Crippen molar-refractivity contribution in [2.45, 2.75) is 15.1 Å². The first kappa shape index (κ1) is 22.2. The van der Waals surface area contributed by atoms with Crippen molar-refractivity contribution in [3.05, 3.63) is 143 Å². The third-order valence-electron chi connectivity index (χ3n) is 5.31. The molecule has 4 aromatic carbocycles. The average Bonchev–Trinajstić information content (AvgIpc) is 2.81. The summed E-state index contributed by atoms with van der Waals surface area (Å²) in [7, 11) is 0. The van der Waals surface area contributed by atoms with Gasteiger partial charge in [-0.3, -0.25) is 0 Å². The molecule has 0 atom stereocenters. The van der Waals surface area contributed by atoms with Gasteiger partial charge >= 0.3 is 0 Å². The minimum atomic E-state index is -1.08. The van der Waals surface area contributed by atoms with E-state index in [0.29, 0.717) is 0 Å². The second-order valence-electron chi connectivity index (χ2n) is 7.45. The molecular formula is C27H20Cl4. The van der Waals surface area contributed by atoms with Crippen molar-refractivity contribution < 1.29 is 0 Å². The number of hydrogen-bond acceptors (Lipinski definition) is 0. The normalized spacial score (nSPS) is 12.0. The van der Waals surface area contributed by atoms with Crippen LogP contribution in [0.1, 0.15) is 33.4 Å². The van der Waals surface area contributed by atoms with Crippen molar-refractivity contribution in [1.29, 1.82) is 0 Å². The summed E-state index contributed by atoms with van der Waals surface area (Å²) in [6.07, 6.45) is 0.784. The quantitative estimate of drug-likeness (QED) is 0.239. The zero-order chi connectivity index (χ0) is 21.9. The van der Waals surface area contributed by atoms with Gasteiger partial charge in [0.15, 0.2) is 8.67 Å². The van der Waals surface area contributed by atoms with Crippen molar-refractivity contribution in [1.82, 2.24) is 0 Å². The molecule has 0 radical (unpaired) electrons. The van der Waals surface area contributed by atoms with Crippen LogP contribution in [-0.4, -0.2) is 0 Å². The second kappa shape index (κ2) is 9.27. The highest BCUT2D eigenvalue weighted by atomic mass is 35.5. The van der Waals surface area contributed by atoms with Gasteiger partial charge in [0.1, 0.15) is 0 Å². The molecule has 0 aliphatic rings. The summed E-state index contributed by atoms with van der Waals surface area (Å²) < 4.78 is -2.16. The Morgan fingerprint density at radius 3 is 1.00 bits per heavy atom. The Kier molecular flexibility index (Phi) is 6.65. The average molecular weight is 486 g/mol. The van der Waals surface area contributed by atoms with Crippen LogP contribution < -0.4 is 0 Å². The maximum atomic E-state index is 6.65. The molecule has 0 fully saturated rings. The number of halogens is 4. The molecule has 0 unspecified atom stereocenters. The lowest BCUT2D eigenvalue weighted by molar-refractivity contribution is 1.03. The highest BCUT2D eigenvalue weighted by molar-refractivity contribution is 6.50. The van der Waals surface area contributed by atoms with Gasteiger partial charge in [0.2, 0.25) is 0 Å². The molecule has 0 saturated heterocycles. The van der Waals surface area contributed by atoms with E-state index in [9.17, 15) is 0 Å². The van der Waals surface area contributed by atoms with Crippen molar-refractivity contribution in [3.63, 3.8) is 0 Å². The SMILES string of the molecule is ClC(Cl)(c1ccccc1)c1ccc(Cc2ccc(C(Cl)(Cl)c3ccccc3)cc2)cc1. The molecule has 0 spiro atoms. The lowest BCUT2D eigenvalue weighted by Crippen LogP contribution is -2.12. The molecule has 0 nitrogen and oxygen atoms in total. The molecule has 4 heteroatoms. The van der Waals surface area contributed by atoms with Crippen LogP contribution in [0, 0.1) is 0 Å².